The van der Waals surface area contributed by atoms with E-state index in [1.807, 2.05) is 41.1 Å². The third-order valence-corrected chi connectivity index (χ3v) is 4.30. The van der Waals surface area contributed by atoms with Crippen molar-refractivity contribution in [2.75, 3.05) is 5.32 Å². The van der Waals surface area contributed by atoms with E-state index in [-0.39, 0.29) is 16.9 Å². The van der Waals surface area contributed by atoms with Gasteiger partial charge in [0.2, 0.25) is 0 Å². The fraction of sp³-hybridized carbons (Fsp3) is 0.364. The number of hydrogen-bond acceptors (Lipinski definition) is 4. The zero-order valence-corrected chi connectivity index (χ0v) is 17.3. The lowest BCUT2D eigenvalue weighted by Gasteiger charge is -2.23. The predicted molar refractivity (Wildman–Crippen MR) is 111 cm³/mol. The lowest BCUT2D eigenvalue weighted by atomic mass is 9.92. The van der Waals surface area contributed by atoms with Crippen LogP contribution in [0.3, 0.4) is 0 Å². The quantitative estimate of drug-likeness (QED) is 0.721. The van der Waals surface area contributed by atoms with Crippen LogP contribution in [-0.4, -0.2) is 25.7 Å². The van der Waals surface area contributed by atoms with Crippen LogP contribution in [0.25, 0.3) is 11.4 Å². The number of amides is 1. The van der Waals surface area contributed by atoms with Crippen molar-refractivity contribution in [3.8, 4) is 11.4 Å². The Morgan fingerprint density at radius 1 is 0.964 bits per heavy atom. The molecular formula is C22H27N5O. The molecule has 6 heteroatoms. The molecule has 0 aliphatic rings. The van der Waals surface area contributed by atoms with Crippen LogP contribution in [0.5, 0.6) is 0 Å². The van der Waals surface area contributed by atoms with Crippen molar-refractivity contribution in [3.63, 3.8) is 0 Å². The van der Waals surface area contributed by atoms with E-state index in [0.717, 1.165) is 11.3 Å². The highest BCUT2D eigenvalue weighted by Gasteiger charge is 2.26. The molecule has 1 N–H and O–H groups in total. The zero-order chi connectivity index (χ0) is 20.5. The molecule has 6 nitrogen and oxygen atoms in total. The summed E-state index contributed by atoms with van der Waals surface area (Å²) in [6.07, 6.45) is 3.10. The largest absolute Gasteiger partial charge is 0.307 e. The van der Waals surface area contributed by atoms with Gasteiger partial charge in [-0.2, -0.15) is 5.10 Å². The molecular weight excluding hydrogens is 350 g/mol. The van der Waals surface area contributed by atoms with Crippen molar-refractivity contribution in [2.45, 2.75) is 52.5 Å². The molecule has 2 heterocycles. The average molecular weight is 377 g/mol. The van der Waals surface area contributed by atoms with E-state index in [9.17, 15) is 4.79 Å². The second-order valence-corrected chi connectivity index (χ2v) is 8.86. The third kappa shape index (κ3) is 4.27. The summed E-state index contributed by atoms with van der Waals surface area (Å²) in [4.78, 5) is 21.4. The Bertz CT molecular complexity index is 961. The maximum atomic E-state index is 12.8. The monoisotopic (exact) mass is 377 g/mol. The van der Waals surface area contributed by atoms with Crippen LogP contribution in [-0.2, 0) is 11.0 Å². The van der Waals surface area contributed by atoms with Crippen LogP contribution in [0.4, 0.5) is 5.82 Å². The first-order chi connectivity index (χ1) is 13.1. The number of carbonyl (C=O) groups excluding carboxylic acids is 1. The van der Waals surface area contributed by atoms with E-state index < -0.39 is 0 Å². The number of anilines is 1. The first-order valence-corrected chi connectivity index (χ1v) is 9.35. The van der Waals surface area contributed by atoms with Gasteiger partial charge in [-0.05, 0) is 20.8 Å². The van der Waals surface area contributed by atoms with Gasteiger partial charge in [-0.25, -0.2) is 14.6 Å². The normalized spacial score (nSPS) is 12.1. The summed E-state index contributed by atoms with van der Waals surface area (Å²) >= 11 is 0. The van der Waals surface area contributed by atoms with E-state index in [0.29, 0.717) is 17.2 Å². The Morgan fingerprint density at radius 2 is 1.57 bits per heavy atom. The summed E-state index contributed by atoms with van der Waals surface area (Å²) in [5, 5.41) is 7.69. The van der Waals surface area contributed by atoms with Crippen molar-refractivity contribution in [2.24, 2.45) is 0 Å². The molecule has 0 aliphatic heterocycles. The highest BCUT2D eigenvalue weighted by atomic mass is 16.1. The third-order valence-electron chi connectivity index (χ3n) is 4.30. The fourth-order valence-electron chi connectivity index (χ4n) is 2.72. The molecule has 0 bridgehead atoms. The summed E-state index contributed by atoms with van der Waals surface area (Å²) < 4.78 is 1.85. The van der Waals surface area contributed by atoms with E-state index in [2.05, 4.69) is 56.8 Å². The number of aromatic nitrogens is 4. The Balaban J connectivity index is 1.86. The van der Waals surface area contributed by atoms with Crippen molar-refractivity contribution < 1.29 is 4.79 Å². The molecule has 0 saturated heterocycles. The highest BCUT2D eigenvalue weighted by molar-refractivity contribution is 6.03. The maximum absolute atomic E-state index is 12.8. The molecule has 0 atom stereocenters. The number of hydrogen-bond donors (Lipinski definition) is 1. The van der Waals surface area contributed by atoms with Gasteiger partial charge in [0.05, 0.1) is 16.8 Å². The predicted octanol–water partition coefficient (Wildman–Crippen LogP) is 4.64. The van der Waals surface area contributed by atoms with Gasteiger partial charge >= 0.3 is 0 Å². The Morgan fingerprint density at radius 3 is 2.11 bits per heavy atom. The smallest absolute Gasteiger partial charge is 0.259 e. The minimum absolute atomic E-state index is 0.115. The molecule has 3 aromatic rings. The van der Waals surface area contributed by atoms with Gasteiger partial charge in [0.15, 0.2) is 5.82 Å². The van der Waals surface area contributed by atoms with Crippen molar-refractivity contribution >= 4 is 11.7 Å². The molecule has 0 aliphatic carbocycles. The standard InChI is InChI=1S/C22H27N5O/c1-21(2,3)17-12-18(27(26-17)22(4,5)6)25-20(28)16-13-23-19(24-14-16)15-10-8-7-9-11-15/h7-14H,1-6H3,(H,25,28). The van der Waals surface area contributed by atoms with Crippen LogP contribution in [0, 0.1) is 0 Å². The van der Waals surface area contributed by atoms with Crippen LogP contribution in [0.1, 0.15) is 57.6 Å². The van der Waals surface area contributed by atoms with Gasteiger partial charge in [0.1, 0.15) is 5.82 Å². The molecule has 146 valence electrons. The molecule has 0 saturated carbocycles. The fourth-order valence-corrected chi connectivity index (χ4v) is 2.72. The molecule has 0 fully saturated rings. The van der Waals surface area contributed by atoms with Crippen LogP contribution >= 0.6 is 0 Å². The van der Waals surface area contributed by atoms with Crippen LogP contribution < -0.4 is 5.32 Å². The molecule has 0 spiro atoms. The summed E-state index contributed by atoms with van der Waals surface area (Å²) in [7, 11) is 0. The second kappa shape index (κ2) is 7.19. The molecule has 1 amide bonds. The van der Waals surface area contributed by atoms with Crippen molar-refractivity contribution in [3.05, 3.63) is 60.0 Å². The zero-order valence-electron chi connectivity index (χ0n) is 17.3. The molecule has 3 rings (SSSR count). The highest BCUT2D eigenvalue weighted by Crippen LogP contribution is 2.28. The van der Waals surface area contributed by atoms with Gasteiger partial charge < -0.3 is 5.32 Å². The van der Waals surface area contributed by atoms with Gasteiger partial charge in [-0.1, -0.05) is 51.1 Å². The molecule has 0 radical (unpaired) electrons. The maximum Gasteiger partial charge on any atom is 0.259 e. The summed E-state index contributed by atoms with van der Waals surface area (Å²) in [5.74, 6) is 0.993. The molecule has 1 aromatic carbocycles. The summed E-state index contributed by atoms with van der Waals surface area (Å²) in [5.41, 5.74) is 1.86. The lowest BCUT2D eigenvalue weighted by molar-refractivity contribution is 0.102. The summed E-state index contributed by atoms with van der Waals surface area (Å²) in [6, 6.07) is 11.6. The van der Waals surface area contributed by atoms with Crippen LogP contribution in [0.2, 0.25) is 0 Å². The average Bonchev–Trinajstić information content (AvgIpc) is 3.07. The SMILES string of the molecule is CC(C)(C)c1cc(NC(=O)c2cnc(-c3ccccc3)nc2)n(C(C)(C)C)n1. The van der Waals surface area contributed by atoms with Crippen molar-refractivity contribution in [1.82, 2.24) is 19.7 Å². The molecule has 0 unspecified atom stereocenters. The Kier molecular flexibility index (Phi) is 5.06. The first kappa shape index (κ1) is 19.7. The van der Waals surface area contributed by atoms with Gasteiger partial charge in [-0.15, -0.1) is 0 Å². The summed E-state index contributed by atoms with van der Waals surface area (Å²) in [6.45, 7) is 12.5. The van der Waals surface area contributed by atoms with Crippen molar-refractivity contribution in [1.29, 1.82) is 0 Å². The van der Waals surface area contributed by atoms with E-state index in [1.165, 1.54) is 0 Å². The number of rotatable bonds is 3. The van der Waals surface area contributed by atoms with E-state index in [4.69, 9.17) is 5.10 Å². The van der Waals surface area contributed by atoms with Gasteiger partial charge in [0, 0.05) is 29.4 Å². The van der Waals surface area contributed by atoms with Gasteiger partial charge in [0.25, 0.3) is 5.91 Å². The van der Waals surface area contributed by atoms with Gasteiger partial charge in [-0.3, -0.25) is 4.79 Å². The minimum Gasteiger partial charge on any atom is -0.307 e. The van der Waals surface area contributed by atoms with E-state index >= 15 is 0 Å². The number of nitrogens with one attached hydrogen (secondary N) is 1. The Labute approximate surface area is 166 Å². The second-order valence-electron chi connectivity index (χ2n) is 8.86. The number of benzene rings is 1. The molecule has 2 aromatic heterocycles. The number of carbonyl (C=O) groups is 1. The van der Waals surface area contributed by atoms with Crippen LogP contribution in [0.15, 0.2) is 48.8 Å². The van der Waals surface area contributed by atoms with E-state index in [1.54, 1.807) is 12.4 Å². The minimum atomic E-state index is -0.264. The first-order valence-electron chi connectivity index (χ1n) is 9.35. The topological polar surface area (TPSA) is 72.7 Å². The molecule has 28 heavy (non-hydrogen) atoms. The number of nitrogens with zero attached hydrogens (tertiary/aromatic N) is 4. The lowest BCUT2D eigenvalue weighted by Crippen LogP contribution is -2.27. The Hall–Kier alpha value is -3.02.